The smallest absolute Gasteiger partial charge is 0.237 e. The maximum absolute atomic E-state index is 6.04. The summed E-state index contributed by atoms with van der Waals surface area (Å²) >= 11 is 0. The molecule has 4 aromatic rings. The number of nitrogens with zero attached hydrogens (tertiary/aromatic N) is 3. The topological polar surface area (TPSA) is 39.4 Å². The Kier molecular flexibility index (Phi) is 3.27. The molecule has 0 amide bonds. The van der Waals surface area contributed by atoms with Crippen LogP contribution in [0.25, 0.3) is 16.8 Å². The summed E-state index contributed by atoms with van der Waals surface area (Å²) in [5.74, 6) is 1.32. The van der Waals surface area contributed by atoms with Gasteiger partial charge in [0.25, 0.3) is 0 Å². The number of ether oxygens (including phenoxy) is 1. The number of aromatic nitrogens is 3. The Labute approximate surface area is 134 Å². The Bertz CT molecular complexity index is 961. The molecule has 0 aliphatic heterocycles. The van der Waals surface area contributed by atoms with Crippen molar-refractivity contribution in [3.05, 3.63) is 78.6 Å². The second-order valence-electron chi connectivity index (χ2n) is 5.31. The van der Waals surface area contributed by atoms with E-state index in [0.717, 1.165) is 28.2 Å². The van der Waals surface area contributed by atoms with E-state index >= 15 is 0 Å². The van der Waals surface area contributed by atoms with E-state index in [9.17, 15) is 0 Å². The standard InChI is InChI=1S/C19H15N3O/c1-14-13-20-18-11-12-19(21-22(14)18)23-17-10-6-5-9-16(17)15-7-3-2-4-8-15/h2-13H,1H3. The molecule has 0 aliphatic carbocycles. The first-order chi connectivity index (χ1) is 11.3. The first kappa shape index (κ1) is 13.5. The third-order valence-corrected chi connectivity index (χ3v) is 3.69. The molecular weight excluding hydrogens is 286 g/mol. The van der Waals surface area contributed by atoms with Gasteiger partial charge >= 0.3 is 0 Å². The van der Waals surface area contributed by atoms with Gasteiger partial charge in [-0.2, -0.15) is 0 Å². The predicted molar refractivity (Wildman–Crippen MR) is 89.7 cm³/mol. The van der Waals surface area contributed by atoms with Crippen molar-refractivity contribution in [3.8, 4) is 22.8 Å². The van der Waals surface area contributed by atoms with Gasteiger partial charge in [0.2, 0.25) is 5.88 Å². The minimum atomic E-state index is 0.544. The van der Waals surface area contributed by atoms with E-state index in [1.807, 2.05) is 61.5 Å². The van der Waals surface area contributed by atoms with Crippen LogP contribution in [0.3, 0.4) is 0 Å². The fourth-order valence-electron chi connectivity index (χ4n) is 2.55. The van der Waals surface area contributed by atoms with Crippen molar-refractivity contribution in [1.29, 1.82) is 0 Å². The highest BCUT2D eigenvalue weighted by molar-refractivity contribution is 5.70. The quantitative estimate of drug-likeness (QED) is 0.559. The van der Waals surface area contributed by atoms with Gasteiger partial charge < -0.3 is 4.74 Å². The van der Waals surface area contributed by atoms with E-state index in [1.165, 1.54) is 0 Å². The summed E-state index contributed by atoms with van der Waals surface area (Å²) in [6.07, 6.45) is 1.80. The monoisotopic (exact) mass is 301 g/mol. The minimum absolute atomic E-state index is 0.544. The normalized spacial score (nSPS) is 10.8. The van der Waals surface area contributed by atoms with Crippen LogP contribution in [0, 0.1) is 6.92 Å². The lowest BCUT2D eigenvalue weighted by Gasteiger charge is -2.10. The lowest BCUT2D eigenvalue weighted by atomic mass is 10.1. The van der Waals surface area contributed by atoms with Crippen molar-refractivity contribution < 1.29 is 4.74 Å². The lowest BCUT2D eigenvalue weighted by Crippen LogP contribution is -1.97. The Morgan fingerprint density at radius 2 is 1.65 bits per heavy atom. The number of aryl methyl sites for hydroxylation is 1. The number of hydrogen-bond acceptors (Lipinski definition) is 3. The van der Waals surface area contributed by atoms with E-state index in [4.69, 9.17) is 4.74 Å². The summed E-state index contributed by atoms with van der Waals surface area (Å²) in [6.45, 7) is 1.97. The average molecular weight is 301 g/mol. The van der Waals surface area contributed by atoms with E-state index in [2.05, 4.69) is 22.2 Å². The number of hydrogen-bond donors (Lipinski definition) is 0. The summed E-state index contributed by atoms with van der Waals surface area (Å²) in [5.41, 5.74) is 3.94. The van der Waals surface area contributed by atoms with Gasteiger partial charge in [-0.1, -0.05) is 48.5 Å². The summed E-state index contributed by atoms with van der Waals surface area (Å²) in [4.78, 5) is 4.28. The van der Waals surface area contributed by atoms with Crippen molar-refractivity contribution in [1.82, 2.24) is 14.6 Å². The lowest BCUT2D eigenvalue weighted by molar-refractivity contribution is 0.453. The van der Waals surface area contributed by atoms with Crippen LogP contribution in [-0.2, 0) is 0 Å². The highest BCUT2D eigenvalue weighted by atomic mass is 16.5. The fraction of sp³-hybridized carbons (Fsp3) is 0.0526. The molecule has 0 aliphatic rings. The van der Waals surface area contributed by atoms with Gasteiger partial charge in [0.15, 0.2) is 5.65 Å². The van der Waals surface area contributed by atoms with E-state index < -0.39 is 0 Å². The molecule has 4 heteroatoms. The Hall–Kier alpha value is -3.14. The number of para-hydroxylation sites is 1. The molecule has 23 heavy (non-hydrogen) atoms. The zero-order chi connectivity index (χ0) is 15.6. The first-order valence-electron chi connectivity index (χ1n) is 7.45. The Balaban J connectivity index is 1.75. The van der Waals surface area contributed by atoms with Crippen LogP contribution in [0.2, 0.25) is 0 Å². The van der Waals surface area contributed by atoms with Crippen molar-refractivity contribution >= 4 is 5.65 Å². The van der Waals surface area contributed by atoms with Gasteiger partial charge in [0.1, 0.15) is 5.75 Å². The maximum atomic E-state index is 6.04. The van der Waals surface area contributed by atoms with E-state index in [0.29, 0.717) is 5.88 Å². The second kappa shape index (κ2) is 5.57. The summed E-state index contributed by atoms with van der Waals surface area (Å²) in [5, 5.41) is 4.50. The molecule has 2 heterocycles. The van der Waals surface area contributed by atoms with Crippen LogP contribution < -0.4 is 4.74 Å². The number of benzene rings is 2. The van der Waals surface area contributed by atoms with Crippen LogP contribution in [0.5, 0.6) is 11.6 Å². The van der Waals surface area contributed by atoms with Gasteiger partial charge in [0.05, 0.1) is 11.9 Å². The molecule has 0 spiro atoms. The van der Waals surface area contributed by atoms with Gasteiger partial charge in [-0.25, -0.2) is 9.50 Å². The van der Waals surface area contributed by atoms with E-state index in [1.54, 1.807) is 10.7 Å². The fourth-order valence-corrected chi connectivity index (χ4v) is 2.55. The summed E-state index contributed by atoms with van der Waals surface area (Å²) < 4.78 is 7.81. The van der Waals surface area contributed by atoms with Crippen molar-refractivity contribution in [2.75, 3.05) is 0 Å². The van der Waals surface area contributed by atoms with Crippen LogP contribution in [0.1, 0.15) is 5.69 Å². The van der Waals surface area contributed by atoms with Crippen LogP contribution in [0.4, 0.5) is 0 Å². The molecule has 2 aromatic carbocycles. The molecule has 112 valence electrons. The molecule has 0 unspecified atom stereocenters. The Morgan fingerprint density at radius 3 is 2.52 bits per heavy atom. The molecule has 0 atom stereocenters. The summed E-state index contributed by atoms with van der Waals surface area (Å²) in [7, 11) is 0. The largest absolute Gasteiger partial charge is 0.437 e. The predicted octanol–water partition coefficient (Wildman–Crippen LogP) is 4.50. The molecule has 0 fully saturated rings. The minimum Gasteiger partial charge on any atom is -0.437 e. The van der Waals surface area contributed by atoms with Gasteiger partial charge in [0, 0.05) is 11.6 Å². The van der Waals surface area contributed by atoms with E-state index in [-0.39, 0.29) is 0 Å². The molecule has 0 saturated carbocycles. The maximum Gasteiger partial charge on any atom is 0.237 e. The zero-order valence-corrected chi connectivity index (χ0v) is 12.7. The first-order valence-corrected chi connectivity index (χ1v) is 7.45. The van der Waals surface area contributed by atoms with Crippen LogP contribution >= 0.6 is 0 Å². The zero-order valence-electron chi connectivity index (χ0n) is 12.7. The molecule has 0 N–H and O–H groups in total. The number of fused-ring (bicyclic) bond motifs is 1. The SMILES string of the molecule is Cc1cnc2ccc(Oc3ccccc3-c3ccccc3)nn12. The molecular formula is C19H15N3O. The molecule has 4 rings (SSSR count). The molecule has 4 nitrogen and oxygen atoms in total. The van der Waals surface area contributed by atoms with Crippen molar-refractivity contribution in [2.45, 2.75) is 6.92 Å². The Morgan fingerprint density at radius 1 is 0.870 bits per heavy atom. The average Bonchev–Trinajstić information content (AvgIpc) is 2.97. The third-order valence-electron chi connectivity index (χ3n) is 3.69. The molecule has 2 aromatic heterocycles. The van der Waals surface area contributed by atoms with Crippen molar-refractivity contribution in [3.63, 3.8) is 0 Å². The molecule has 0 radical (unpaired) electrons. The molecule has 0 bridgehead atoms. The van der Waals surface area contributed by atoms with Crippen LogP contribution in [0.15, 0.2) is 72.9 Å². The highest BCUT2D eigenvalue weighted by Crippen LogP contribution is 2.32. The van der Waals surface area contributed by atoms with Gasteiger partial charge in [-0.3, -0.25) is 0 Å². The highest BCUT2D eigenvalue weighted by Gasteiger charge is 2.08. The van der Waals surface area contributed by atoms with Gasteiger partial charge in [-0.15, -0.1) is 5.10 Å². The second-order valence-corrected chi connectivity index (χ2v) is 5.31. The van der Waals surface area contributed by atoms with Gasteiger partial charge in [-0.05, 0) is 24.6 Å². The summed E-state index contributed by atoms with van der Waals surface area (Å²) in [6, 6.07) is 21.9. The third kappa shape index (κ3) is 2.55. The molecule has 0 saturated heterocycles. The van der Waals surface area contributed by atoms with Crippen molar-refractivity contribution in [2.24, 2.45) is 0 Å². The van der Waals surface area contributed by atoms with Crippen LogP contribution in [-0.4, -0.2) is 14.6 Å². The number of rotatable bonds is 3. The number of imidazole rings is 1.